The number of aliphatic carboxylic acids is 1. The normalized spacial score (nSPS) is 16.2. The first-order valence-corrected chi connectivity index (χ1v) is 12.9. The molecule has 1 atom stereocenters. The summed E-state index contributed by atoms with van der Waals surface area (Å²) in [5, 5.41) is 9.48. The van der Waals surface area contributed by atoms with Gasteiger partial charge in [-0.25, -0.2) is 4.39 Å². The Labute approximate surface area is 226 Å². The van der Waals surface area contributed by atoms with Crippen LogP contribution in [0, 0.1) is 5.82 Å². The van der Waals surface area contributed by atoms with E-state index in [9.17, 15) is 19.1 Å². The van der Waals surface area contributed by atoms with Crippen LogP contribution in [0.4, 0.5) is 4.39 Å². The van der Waals surface area contributed by atoms with E-state index >= 15 is 0 Å². The van der Waals surface area contributed by atoms with E-state index in [0.717, 1.165) is 28.0 Å². The van der Waals surface area contributed by atoms with E-state index in [1.165, 1.54) is 17.0 Å². The molecule has 4 rings (SSSR count). The minimum atomic E-state index is -1.07. The Kier molecular flexibility index (Phi) is 8.26. The number of halogens is 2. The number of rotatable bonds is 10. The second kappa shape index (κ2) is 11.4. The largest absolute Gasteiger partial charge is 0.491 e. The molecule has 1 aliphatic heterocycles. The fraction of sp³-hybridized carbons (Fsp3) is 0.333. The molecule has 1 aliphatic rings. The van der Waals surface area contributed by atoms with Crippen molar-refractivity contribution in [2.75, 3.05) is 6.54 Å². The van der Waals surface area contributed by atoms with Crippen LogP contribution in [-0.2, 0) is 35.4 Å². The van der Waals surface area contributed by atoms with Crippen molar-refractivity contribution in [1.29, 1.82) is 0 Å². The molecule has 0 fully saturated rings. The molecular weight excluding hydrogens is 509 g/mol. The Hall–Kier alpha value is -3.58. The number of hydrogen-bond donors (Lipinski definition) is 1. The lowest BCUT2D eigenvalue weighted by molar-refractivity contribution is -0.144. The molecule has 0 bridgehead atoms. The molecule has 0 spiro atoms. The summed E-state index contributed by atoms with van der Waals surface area (Å²) in [6.07, 6.45) is 1.20. The first-order valence-electron chi connectivity index (χ1n) is 12.5. The number of carboxylic acids is 1. The number of fused-ring (bicyclic) bond motifs is 1. The van der Waals surface area contributed by atoms with E-state index in [1.807, 2.05) is 63.2 Å². The molecule has 0 aliphatic carbocycles. The standard InChI is InChI=1S/C30H31ClFNO5/c1-19(2)37-24-8-4-20(5-9-24)17-33(18-29(35)36)28(34)14-21-7-11-27-23(12-21)16-30(3,38-27)15-22-6-10-25(31)26(32)13-22/h4-13,19H,14-18H2,1-3H3,(H,35,36). The first kappa shape index (κ1) is 27.5. The van der Waals surface area contributed by atoms with E-state index in [2.05, 4.69) is 0 Å². The van der Waals surface area contributed by atoms with Gasteiger partial charge in [0.05, 0.1) is 17.5 Å². The fourth-order valence-electron chi connectivity index (χ4n) is 4.71. The maximum atomic E-state index is 13.9. The number of carboxylic acid groups (broad SMARTS) is 1. The van der Waals surface area contributed by atoms with Crippen LogP contribution in [0.2, 0.25) is 5.02 Å². The van der Waals surface area contributed by atoms with Crippen molar-refractivity contribution >= 4 is 23.5 Å². The molecule has 0 saturated heterocycles. The highest BCUT2D eigenvalue weighted by atomic mass is 35.5. The summed E-state index contributed by atoms with van der Waals surface area (Å²) < 4.78 is 25.8. The Bertz CT molecular complexity index is 1330. The Morgan fingerprint density at radius 2 is 1.76 bits per heavy atom. The number of hydrogen-bond acceptors (Lipinski definition) is 4. The minimum absolute atomic E-state index is 0.0435. The molecule has 8 heteroatoms. The predicted molar refractivity (Wildman–Crippen MR) is 143 cm³/mol. The quantitative estimate of drug-likeness (QED) is 0.349. The average molecular weight is 540 g/mol. The number of ether oxygens (including phenoxy) is 2. The van der Waals surface area contributed by atoms with Gasteiger partial charge in [0.25, 0.3) is 0 Å². The lowest BCUT2D eigenvalue weighted by atomic mass is 9.91. The second-order valence-electron chi connectivity index (χ2n) is 10.2. The van der Waals surface area contributed by atoms with Gasteiger partial charge in [0.2, 0.25) is 5.91 Å². The molecule has 200 valence electrons. The highest BCUT2D eigenvalue weighted by Crippen LogP contribution is 2.38. The Balaban J connectivity index is 1.43. The van der Waals surface area contributed by atoms with Crippen molar-refractivity contribution in [2.45, 2.75) is 58.3 Å². The van der Waals surface area contributed by atoms with E-state index in [1.54, 1.807) is 6.07 Å². The van der Waals surface area contributed by atoms with Crippen LogP contribution in [0.25, 0.3) is 0 Å². The van der Waals surface area contributed by atoms with E-state index in [0.29, 0.717) is 18.6 Å². The second-order valence-corrected chi connectivity index (χ2v) is 10.6. The zero-order valence-corrected chi connectivity index (χ0v) is 22.4. The molecule has 1 amide bonds. The highest BCUT2D eigenvalue weighted by molar-refractivity contribution is 6.30. The molecule has 38 heavy (non-hydrogen) atoms. The SMILES string of the molecule is CC(C)Oc1ccc(CN(CC(=O)O)C(=O)Cc2ccc3c(c2)CC(C)(Cc2ccc(Cl)c(F)c2)O3)cc1. The number of carbonyl (C=O) groups excluding carboxylic acids is 1. The monoisotopic (exact) mass is 539 g/mol. The maximum Gasteiger partial charge on any atom is 0.323 e. The lowest BCUT2D eigenvalue weighted by Gasteiger charge is -2.24. The summed E-state index contributed by atoms with van der Waals surface area (Å²) in [5.41, 5.74) is 2.76. The van der Waals surface area contributed by atoms with Gasteiger partial charge in [-0.2, -0.15) is 0 Å². The molecule has 1 unspecified atom stereocenters. The summed E-state index contributed by atoms with van der Waals surface area (Å²) in [6, 6.07) is 17.6. The molecule has 1 N–H and O–H groups in total. The molecule has 1 heterocycles. The third-order valence-electron chi connectivity index (χ3n) is 6.31. The molecule has 0 radical (unpaired) electrons. The van der Waals surface area contributed by atoms with Crippen molar-refractivity contribution in [3.05, 3.63) is 93.8 Å². The van der Waals surface area contributed by atoms with E-state index in [4.69, 9.17) is 21.1 Å². The summed E-state index contributed by atoms with van der Waals surface area (Å²) in [5.74, 6) is -0.379. The number of nitrogens with zero attached hydrogens (tertiary/aromatic N) is 1. The van der Waals surface area contributed by atoms with Gasteiger partial charge in [0, 0.05) is 19.4 Å². The van der Waals surface area contributed by atoms with Crippen molar-refractivity contribution < 1.29 is 28.6 Å². The van der Waals surface area contributed by atoms with Crippen LogP contribution in [0.3, 0.4) is 0 Å². The Morgan fingerprint density at radius 1 is 1.08 bits per heavy atom. The predicted octanol–water partition coefficient (Wildman–Crippen LogP) is 5.86. The summed E-state index contributed by atoms with van der Waals surface area (Å²) in [7, 11) is 0. The van der Waals surface area contributed by atoms with Gasteiger partial charge in [-0.1, -0.05) is 41.9 Å². The van der Waals surface area contributed by atoms with Crippen molar-refractivity contribution in [3.8, 4) is 11.5 Å². The van der Waals surface area contributed by atoms with Crippen LogP contribution in [0.5, 0.6) is 11.5 Å². The summed E-state index contributed by atoms with van der Waals surface area (Å²) >= 11 is 5.81. The first-order chi connectivity index (χ1) is 18.0. The number of benzene rings is 3. The zero-order valence-electron chi connectivity index (χ0n) is 21.7. The van der Waals surface area contributed by atoms with Crippen molar-refractivity contribution in [3.63, 3.8) is 0 Å². The van der Waals surface area contributed by atoms with Crippen LogP contribution >= 0.6 is 11.6 Å². The molecular formula is C30H31ClFNO5. The van der Waals surface area contributed by atoms with Crippen molar-refractivity contribution in [2.24, 2.45) is 0 Å². The van der Waals surface area contributed by atoms with Gasteiger partial charge < -0.3 is 19.5 Å². The fourth-order valence-corrected chi connectivity index (χ4v) is 4.83. The number of carbonyl (C=O) groups is 2. The third kappa shape index (κ3) is 7.04. The highest BCUT2D eigenvalue weighted by Gasteiger charge is 2.35. The lowest BCUT2D eigenvalue weighted by Crippen LogP contribution is -2.36. The van der Waals surface area contributed by atoms with E-state index < -0.39 is 23.9 Å². The summed E-state index contributed by atoms with van der Waals surface area (Å²) in [4.78, 5) is 26.0. The molecule has 0 aromatic heterocycles. The van der Waals surface area contributed by atoms with Gasteiger partial charge in [-0.15, -0.1) is 0 Å². The molecule has 3 aromatic rings. The minimum Gasteiger partial charge on any atom is -0.491 e. The molecule has 6 nitrogen and oxygen atoms in total. The van der Waals surface area contributed by atoms with Crippen LogP contribution in [0.1, 0.15) is 43.0 Å². The summed E-state index contributed by atoms with van der Waals surface area (Å²) in [6.45, 7) is 5.63. The number of amides is 1. The maximum absolute atomic E-state index is 13.9. The van der Waals surface area contributed by atoms with Gasteiger partial charge in [0.1, 0.15) is 29.5 Å². The average Bonchev–Trinajstić information content (AvgIpc) is 3.16. The van der Waals surface area contributed by atoms with Gasteiger partial charge in [-0.05, 0) is 73.4 Å². The van der Waals surface area contributed by atoms with E-state index in [-0.39, 0.29) is 30.0 Å². The molecule has 0 saturated carbocycles. The van der Waals surface area contributed by atoms with Gasteiger partial charge in [-0.3, -0.25) is 9.59 Å². The zero-order chi connectivity index (χ0) is 27.4. The smallest absolute Gasteiger partial charge is 0.323 e. The third-order valence-corrected chi connectivity index (χ3v) is 6.62. The van der Waals surface area contributed by atoms with Crippen molar-refractivity contribution in [1.82, 2.24) is 4.90 Å². The molecule has 3 aromatic carbocycles. The topological polar surface area (TPSA) is 76.1 Å². The van der Waals surface area contributed by atoms with Crippen LogP contribution in [0.15, 0.2) is 60.7 Å². The van der Waals surface area contributed by atoms with Crippen LogP contribution < -0.4 is 9.47 Å². The Morgan fingerprint density at radius 3 is 2.42 bits per heavy atom. The van der Waals surface area contributed by atoms with Gasteiger partial charge in [0.15, 0.2) is 0 Å². The van der Waals surface area contributed by atoms with Gasteiger partial charge >= 0.3 is 5.97 Å². The van der Waals surface area contributed by atoms with Crippen LogP contribution in [-0.4, -0.2) is 40.1 Å².